The van der Waals surface area contributed by atoms with Crippen molar-refractivity contribution in [3.05, 3.63) is 53.6 Å². The van der Waals surface area contributed by atoms with E-state index in [1.165, 1.54) is 26.4 Å². The summed E-state index contributed by atoms with van der Waals surface area (Å²) in [6.45, 7) is 0.0932. The number of hydrogen-bond acceptors (Lipinski definition) is 6. The van der Waals surface area contributed by atoms with Crippen molar-refractivity contribution in [2.24, 2.45) is 0 Å². The number of carbonyl (C=O) groups excluding carboxylic acids is 1. The van der Waals surface area contributed by atoms with Crippen LogP contribution >= 0.6 is 10.7 Å². The van der Waals surface area contributed by atoms with Crippen LogP contribution in [0.5, 0.6) is 11.5 Å². The van der Waals surface area contributed by atoms with Crippen molar-refractivity contribution in [3.63, 3.8) is 0 Å². The molecule has 0 saturated heterocycles. The molecule has 2 aromatic rings. The van der Waals surface area contributed by atoms with E-state index in [1.807, 2.05) is 30.3 Å². The standard InChI is InChI=1S/C17H17ClO6S/c1-22-14-8-13(16(25(18,20)21)10-15(14)23-2)9-17(19)24-11-12-6-4-3-5-7-12/h3-8,10H,9,11H2,1-2H3. The Hall–Kier alpha value is -2.25. The molecule has 0 saturated carbocycles. The van der Waals surface area contributed by atoms with E-state index in [0.29, 0.717) is 0 Å². The van der Waals surface area contributed by atoms with E-state index in [9.17, 15) is 13.2 Å². The van der Waals surface area contributed by atoms with Crippen LogP contribution in [0.15, 0.2) is 47.4 Å². The summed E-state index contributed by atoms with van der Waals surface area (Å²) in [7, 11) is 4.17. The van der Waals surface area contributed by atoms with Crippen LogP contribution in [0.4, 0.5) is 0 Å². The second-order valence-electron chi connectivity index (χ2n) is 5.08. The maximum absolute atomic E-state index is 12.1. The summed E-state index contributed by atoms with van der Waals surface area (Å²) in [4.78, 5) is 11.9. The third-order valence-corrected chi connectivity index (χ3v) is 4.81. The zero-order chi connectivity index (χ0) is 18.4. The Balaban J connectivity index is 2.23. The van der Waals surface area contributed by atoms with E-state index < -0.39 is 15.0 Å². The van der Waals surface area contributed by atoms with E-state index in [4.69, 9.17) is 24.9 Å². The molecule has 0 aliphatic carbocycles. The van der Waals surface area contributed by atoms with E-state index in [-0.39, 0.29) is 35.0 Å². The summed E-state index contributed by atoms with van der Waals surface area (Å²) in [5.41, 5.74) is 0.999. The van der Waals surface area contributed by atoms with E-state index in [2.05, 4.69) is 0 Å². The third-order valence-electron chi connectivity index (χ3n) is 3.41. The van der Waals surface area contributed by atoms with Crippen LogP contribution in [0, 0.1) is 0 Å². The maximum atomic E-state index is 12.1. The third kappa shape index (κ3) is 5.11. The molecule has 0 atom stereocenters. The first kappa shape index (κ1) is 19.1. The average molecular weight is 385 g/mol. The molecule has 6 nitrogen and oxygen atoms in total. The highest BCUT2D eigenvalue weighted by Crippen LogP contribution is 2.34. The number of ether oxygens (including phenoxy) is 3. The van der Waals surface area contributed by atoms with Crippen LogP contribution in [0.1, 0.15) is 11.1 Å². The Morgan fingerprint density at radius 2 is 1.64 bits per heavy atom. The van der Waals surface area contributed by atoms with Crippen molar-refractivity contribution in [1.82, 2.24) is 0 Å². The van der Waals surface area contributed by atoms with E-state index in [0.717, 1.165) is 5.56 Å². The number of hydrogen-bond donors (Lipinski definition) is 0. The summed E-state index contributed by atoms with van der Waals surface area (Å²) in [6.07, 6.45) is -0.269. The van der Waals surface area contributed by atoms with Gasteiger partial charge in [-0.3, -0.25) is 4.79 Å². The van der Waals surface area contributed by atoms with Crippen LogP contribution < -0.4 is 9.47 Å². The lowest BCUT2D eigenvalue weighted by Gasteiger charge is -2.13. The smallest absolute Gasteiger partial charge is 0.310 e. The van der Waals surface area contributed by atoms with Gasteiger partial charge in [-0.2, -0.15) is 0 Å². The van der Waals surface area contributed by atoms with Gasteiger partial charge < -0.3 is 14.2 Å². The van der Waals surface area contributed by atoms with Gasteiger partial charge in [0.25, 0.3) is 9.05 Å². The highest BCUT2D eigenvalue weighted by atomic mass is 35.7. The topological polar surface area (TPSA) is 78.9 Å². The zero-order valence-corrected chi connectivity index (χ0v) is 15.3. The van der Waals surface area contributed by atoms with Gasteiger partial charge in [0.15, 0.2) is 11.5 Å². The molecule has 0 aliphatic rings. The predicted octanol–water partition coefficient (Wildman–Crippen LogP) is 2.92. The lowest BCUT2D eigenvalue weighted by Crippen LogP contribution is -2.11. The van der Waals surface area contributed by atoms with Gasteiger partial charge in [-0.25, -0.2) is 8.42 Å². The summed E-state index contributed by atoms with van der Waals surface area (Å²) in [6, 6.07) is 11.8. The lowest BCUT2D eigenvalue weighted by atomic mass is 10.1. The first-order chi connectivity index (χ1) is 11.8. The molecule has 0 bridgehead atoms. The Bertz CT molecular complexity index is 849. The molecule has 0 aliphatic heterocycles. The minimum atomic E-state index is -4.07. The molecular formula is C17H17ClO6S. The van der Waals surface area contributed by atoms with Gasteiger partial charge in [0.05, 0.1) is 25.5 Å². The van der Waals surface area contributed by atoms with E-state index >= 15 is 0 Å². The number of carbonyl (C=O) groups is 1. The molecule has 0 fully saturated rings. The minimum absolute atomic E-state index is 0.0932. The molecule has 0 unspecified atom stereocenters. The summed E-state index contributed by atoms with van der Waals surface area (Å²) >= 11 is 0. The van der Waals surface area contributed by atoms with Crippen LogP contribution in [0.2, 0.25) is 0 Å². The van der Waals surface area contributed by atoms with Gasteiger partial charge in [-0.05, 0) is 17.2 Å². The number of methoxy groups -OCH3 is 2. The van der Waals surface area contributed by atoms with Gasteiger partial charge in [0, 0.05) is 16.7 Å². The van der Waals surface area contributed by atoms with Crippen LogP contribution in [0.3, 0.4) is 0 Å². The fourth-order valence-corrected chi connectivity index (χ4v) is 3.34. The first-order valence-electron chi connectivity index (χ1n) is 7.24. The maximum Gasteiger partial charge on any atom is 0.310 e. The van der Waals surface area contributed by atoms with Gasteiger partial charge in [-0.1, -0.05) is 30.3 Å². The summed E-state index contributed by atoms with van der Waals surface area (Å²) < 4.78 is 39.0. The number of esters is 1. The molecule has 2 aromatic carbocycles. The molecule has 8 heteroatoms. The van der Waals surface area contributed by atoms with Gasteiger partial charge >= 0.3 is 5.97 Å². The molecule has 0 aromatic heterocycles. The normalized spacial score (nSPS) is 11.0. The Labute approximate surface area is 150 Å². The van der Waals surface area contributed by atoms with Crippen LogP contribution in [-0.2, 0) is 31.6 Å². The SMILES string of the molecule is COc1cc(CC(=O)OCc2ccccc2)c(S(=O)(=O)Cl)cc1OC. The highest BCUT2D eigenvalue weighted by Gasteiger charge is 2.22. The highest BCUT2D eigenvalue weighted by molar-refractivity contribution is 8.13. The molecular weight excluding hydrogens is 368 g/mol. The van der Waals surface area contributed by atoms with Crippen molar-refractivity contribution < 1.29 is 27.4 Å². The van der Waals surface area contributed by atoms with E-state index in [1.54, 1.807) is 0 Å². The Morgan fingerprint density at radius 3 is 2.20 bits per heavy atom. The second-order valence-corrected chi connectivity index (χ2v) is 7.61. The van der Waals surface area contributed by atoms with Gasteiger partial charge in [0.2, 0.25) is 0 Å². The lowest BCUT2D eigenvalue weighted by molar-refractivity contribution is -0.144. The number of rotatable bonds is 7. The molecule has 25 heavy (non-hydrogen) atoms. The number of benzene rings is 2. The Kier molecular flexibility index (Phi) is 6.27. The van der Waals surface area contributed by atoms with Crippen LogP contribution in [-0.4, -0.2) is 28.6 Å². The minimum Gasteiger partial charge on any atom is -0.493 e. The number of halogens is 1. The second kappa shape index (κ2) is 8.22. The molecule has 0 amide bonds. The van der Waals surface area contributed by atoms with Gasteiger partial charge in [-0.15, -0.1) is 0 Å². The van der Waals surface area contributed by atoms with Gasteiger partial charge in [0.1, 0.15) is 6.61 Å². The van der Waals surface area contributed by atoms with Crippen molar-refractivity contribution in [2.75, 3.05) is 14.2 Å². The fraction of sp³-hybridized carbons (Fsp3) is 0.235. The summed E-state index contributed by atoms with van der Waals surface area (Å²) in [5, 5.41) is 0. The summed E-state index contributed by atoms with van der Waals surface area (Å²) in [5.74, 6) is -0.0989. The Morgan fingerprint density at radius 1 is 1.04 bits per heavy atom. The predicted molar refractivity (Wildman–Crippen MR) is 92.5 cm³/mol. The first-order valence-corrected chi connectivity index (χ1v) is 9.55. The van der Waals surface area contributed by atoms with Crippen molar-refractivity contribution in [3.8, 4) is 11.5 Å². The largest absolute Gasteiger partial charge is 0.493 e. The quantitative estimate of drug-likeness (QED) is 0.539. The molecule has 0 radical (unpaired) electrons. The molecule has 0 spiro atoms. The van der Waals surface area contributed by atoms with Crippen molar-refractivity contribution in [2.45, 2.75) is 17.9 Å². The van der Waals surface area contributed by atoms with Crippen molar-refractivity contribution >= 4 is 25.7 Å². The fourth-order valence-electron chi connectivity index (χ4n) is 2.21. The zero-order valence-electron chi connectivity index (χ0n) is 13.7. The molecule has 134 valence electrons. The molecule has 0 heterocycles. The monoisotopic (exact) mass is 384 g/mol. The van der Waals surface area contributed by atoms with Crippen LogP contribution in [0.25, 0.3) is 0 Å². The van der Waals surface area contributed by atoms with Crippen molar-refractivity contribution in [1.29, 1.82) is 0 Å². The average Bonchev–Trinajstić information content (AvgIpc) is 2.59. The molecule has 0 N–H and O–H groups in total. The molecule has 2 rings (SSSR count).